The highest BCUT2D eigenvalue weighted by Crippen LogP contribution is 2.28. The van der Waals surface area contributed by atoms with Gasteiger partial charge in [0, 0.05) is 32.6 Å². The number of methoxy groups -OCH3 is 1. The Morgan fingerprint density at radius 2 is 1.93 bits per heavy atom. The number of benzene rings is 1. The van der Waals surface area contributed by atoms with E-state index in [2.05, 4.69) is 21.6 Å². The Hall–Kier alpha value is -2.28. The van der Waals surface area contributed by atoms with Gasteiger partial charge in [0.2, 0.25) is 5.91 Å². The normalized spacial score (nSPS) is 27.8. The molecule has 0 radical (unpaired) electrons. The van der Waals surface area contributed by atoms with Crippen LogP contribution in [0.1, 0.15) is 32.1 Å². The second-order valence-electron chi connectivity index (χ2n) is 8.11. The number of hydrogen-bond donors (Lipinski definition) is 2. The number of piperazine rings is 2. The fourth-order valence-corrected chi connectivity index (χ4v) is 4.81. The molecular formula is C21H31N4O3+. The number of para-hydroxylation sites is 2. The molecule has 1 aromatic carbocycles. The first kappa shape index (κ1) is 19.1. The van der Waals surface area contributed by atoms with E-state index in [0.717, 1.165) is 37.4 Å². The number of nitrogens with one attached hydrogen (secondary N) is 1. The molecule has 7 nitrogen and oxygen atoms in total. The van der Waals surface area contributed by atoms with Crippen molar-refractivity contribution in [1.29, 1.82) is 0 Å². The van der Waals surface area contributed by atoms with Crippen molar-refractivity contribution in [3.63, 3.8) is 0 Å². The van der Waals surface area contributed by atoms with Gasteiger partial charge in [-0.2, -0.15) is 0 Å². The van der Waals surface area contributed by atoms with E-state index < -0.39 is 0 Å². The summed E-state index contributed by atoms with van der Waals surface area (Å²) in [7, 11) is 1.68. The summed E-state index contributed by atoms with van der Waals surface area (Å²) < 4.78 is 5.46. The molecule has 3 aliphatic rings. The molecule has 3 N–H and O–H groups in total. The molecule has 0 aromatic heterocycles. The summed E-state index contributed by atoms with van der Waals surface area (Å²) in [6.07, 6.45) is 4.91. The zero-order valence-corrected chi connectivity index (χ0v) is 16.6. The lowest BCUT2D eigenvalue weighted by molar-refractivity contribution is -0.718. The average Bonchev–Trinajstić information content (AvgIpc) is 2.74. The Morgan fingerprint density at radius 3 is 2.71 bits per heavy atom. The third kappa shape index (κ3) is 3.94. The topological polar surface area (TPSA) is 78.5 Å². The molecule has 4 rings (SSSR count). The lowest BCUT2D eigenvalue weighted by Gasteiger charge is -2.39. The van der Waals surface area contributed by atoms with Crippen LogP contribution in [-0.4, -0.2) is 68.1 Å². The number of rotatable bonds is 4. The summed E-state index contributed by atoms with van der Waals surface area (Å²) in [6.45, 7) is 2.91. The van der Waals surface area contributed by atoms with Crippen LogP contribution in [0, 0.1) is 0 Å². The molecule has 1 aliphatic carbocycles. The minimum absolute atomic E-state index is 0.0316. The van der Waals surface area contributed by atoms with E-state index in [1.165, 1.54) is 12.8 Å². The van der Waals surface area contributed by atoms with E-state index in [0.29, 0.717) is 25.6 Å². The van der Waals surface area contributed by atoms with Gasteiger partial charge in [0.25, 0.3) is 5.91 Å². The van der Waals surface area contributed by atoms with Crippen LogP contribution in [0.2, 0.25) is 0 Å². The van der Waals surface area contributed by atoms with E-state index in [4.69, 9.17) is 4.74 Å². The first-order valence-corrected chi connectivity index (χ1v) is 10.5. The highest BCUT2D eigenvalue weighted by atomic mass is 16.5. The van der Waals surface area contributed by atoms with Crippen LogP contribution in [0.15, 0.2) is 24.3 Å². The van der Waals surface area contributed by atoms with Gasteiger partial charge >= 0.3 is 0 Å². The number of fused-ring (bicyclic) bond motifs is 1. The summed E-state index contributed by atoms with van der Waals surface area (Å²) in [5.41, 5.74) is 1.07. The first-order chi connectivity index (χ1) is 13.7. The Morgan fingerprint density at radius 1 is 1.18 bits per heavy atom. The number of nitrogens with two attached hydrogens (primary N) is 1. The fraction of sp³-hybridized carbons (Fsp3) is 0.619. The van der Waals surface area contributed by atoms with E-state index in [1.807, 2.05) is 23.1 Å². The molecule has 0 spiro atoms. The molecule has 152 valence electrons. The maximum atomic E-state index is 12.8. The lowest BCUT2D eigenvalue weighted by atomic mass is 9.87. The lowest BCUT2D eigenvalue weighted by Crippen LogP contribution is -3.03. The van der Waals surface area contributed by atoms with Crippen LogP contribution in [-0.2, 0) is 9.59 Å². The zero-order chi connectivity index (χ0) is 19.5. The van der Waals surface area contributed by atoms with Crippen molar-refractivity contribution in [3.05, 3.63) is 24.3 Å². The number of carbonyl (C=O) groups is 2. The van der Waals surface area contributed by atoms with Crippen molar-refractivity contribution in [2.75, 3.05) is 38.2 Å². The second-order valence-corrected chi connectivity index (χ2v) is 8.11. The molecule has 7 heteroatoms. The quantitative estimate of drug-likeness (QED) is 0.769. The summed E-state index contributed by atoms with van der Waals surface area (Å²) >= 11 is 0. The predicted molar refractivity (Wildman–Crippen MR) is 106 cm³/mol. The molecule has 1 saturated carbocycles. The van der Waals surface area contributed by atoms with Crippen molar-refractivity contribution >= 4 is 17.5 Å². The maximum absolute atomic E-state index is 12.8. The van der Waals surface area contributed by atoms with Gasteiger partial charge in [-0.3, -0.25) is 9.59 Å². The molecule has 0 unspecified atom stereocenters. The van der Waals surface area contributed by atoms with Crippen LogP contribution in [0.25, 0.3) is 0 Å². The number of amides is 2. The van der Waals surface area contributed by atoms with Crippen LogP contribution in [0.4, 0.5) is 5.69 Å². The van der Waals surface area contributed by atoms with Gasteiger partial charge in [0.05, 0.1) is 25.3 Å². The largest absolute Gasteiger partial charge is 0.495 e. The monoisotopic (exact) mass is 387 g/mol. The molecule has 1 aromatic rings. The Kier molecular flexibility index (Phi) is 5.71. The van der Waals surface area contributed by atoms with E-state index in [-0.39, 0.29) is 23.9 Å². The van der Waals surface area contributed by atoms with Gasteiger partial charge < -0.3 is 25.2 Å². The number of hydrogen-bond acceptors (Lipinski definition) is 4. The fourth-order valence-electron chi connectivity index (χ4n) is 4.81. The van der Waals surface area contributed by atoms with Crippen LogP contribution < -0.4 is 20.3 Å². The summed E-state index contributed by atoms with van der Waals surface area (Å²) in [5, 5.41) is 5.31. The van der Waals surface area contributed by atoms with Crippen molar-refractivity contribution in [3.8, 4) is 5.75 Å². The van der Waals surface area contributed by atoms with Crippen LogP contribution >= 0.6 is 0 Å². The van der Waals surface area contributed by atoms with Gasteiger partial charge in [-0.15, -0.1) is 0 Å². The van der Waals surface area contributed by atoms with Crippen molar-refractivity contribution < 1.29 is 19.6 Å². The minimum atomic E-state index is -0.279. The standard InChI is InChI=1S/C21H30N4O3/c1-28-19-9-5-4-8-18(19)24-10-12-25(13-11-24)20(26)14-17-21(27)23-16-7-3-2-6-15(16)22-17/h4-5,8-9,15-17,22H,2-3,6-7,10-14H2,1H3,(H,23,27)/p+1/t15-,16-,17-/m0/s1. The van der Waals surface area contributed by atoms with Gasteiger partial charge in [-0.25, -0.2) is 0 Å². The SMILES string of the molecule is COc1ccccc1N1CCN(C(=O)C[C@@H]2[NH2+][C@H]3CCCC[C@@H]3NC2=O)CC1. The molecule has 28 heavy (non-hydrogen) atoms. The van der Waals surface area contributed by atoms with E-state index in [9.17, 15) is 9.59 Å². The number of ether oxygens (including phenoxy) is 1. The molecule has 2 heterocycles. The summed E-state index contributed by atoms with van der Waals surface area (Å²) in [4.78, 5) is 29.4. The Balaban J connectivity index is 1.31. The maximum Gasteiger partial charge on any atom is 0.279 e. The summed E-state index contributed by atoms with van der Waals surface area (Å²) in [6, 6.07) is 8.43. The van der Waals surface area contributed by atoms with Crippen molar-refractivity contribution in [2.45, 2.75) is 50.2 Å². The Bertz CT molecular complexity index is 717. The van der Waals surface area contributed by atoms with Gasteiger partial charge in [-0.1, -0.05) is 18.6 Å². The van der Waals surface area contributed by atoms with Crippen LogP contribution in [0.3, 0.4) is 0 Å². The molecule has 2 aliphatic heterocycles. The predicted octanol–water partition coefficient (Wildman–Crippen LogP) is 0.107. The number of carbonyl (C=O) groups excluding carboxylic acids is 2. The third-order valence-electron chi connectivity index (χ3n) is 6.42. The molecule has 0 bridgehead atoms. The molecule has 2 amide bonds. The van der Waals surface area contributed by atoms with E-state index >= 15 is 0 Å². The average molecular weight is 388 g/mol. The van der Waals surface area contributed by atoms with Crippen molar-refractivity contribution in [2.24, 2.45) is 0 Å². The smallest absolute Gasteiger partial charge is 0.279 e. The molecular weight excluding hydrogens is 356 g/mol. The van der Waals surface area contributed by atoms with Gasteiger partial charge in [0.15, 0.2) is 6.04 Å². The summed E-state index contributed by atoms with van der Waals surface area (Å²) in [5.74, 6) is 0.979. The van der Waals surface area contributed by atoms with E-state index in [1.54, 1.807) is 7.11 Å². The third-order valence-corrected chi connectivity index (χ3v) is 6.42. The first-order valence-electron chi connectivity index (χ1n) is 10.5. The number of nitrogens with zero attached hydrogens (tertiary/aromatic N) is 2. The number of anilines is 1. The highest BCUT2D eigenvalue weighted by Gasteiger charge is 2.41. The number of quaternary nitrogens is 1. The van der Waals surface area contributed by atoms with Gasteiger partial charge in [0.1, 0.15) is 11.8 Å². The molecule has 3 atom stereocenters. The van der Waals surface area contributed by atoms with Gasteiger partial charge in [-0.05, 0) is 25.0 Å². The second kappa shape index (κ2) is 8.39. The highest BCUT2D eigenvalue weighted by molar-refractivity contribution is 5.87. The minimum Gasteiger partial charge on any atom is -0.495 e. The zero-order valence-electron chi connectivity index (χ0n) is 16.6. The molecule has 3 fully saturated rings. The molecule has 2 saturated heterocycles. The van der Waals surface area contributed by atoms with Crippen LogP contribution in [0.5, 0.6) is 5.75 Å². The Labute approximate surface area is 166 Å². The van der Waals surface area contributed by atoms with Crippen molar-refractivity contribution in [1.82, 2.24) is 10.2 Å².